The summed E-state index contributed by atoms with van der Waals surface area (Å²) < 4.78 is 15.9. The van der Waals surface area contributed by atoms with E-state index >= 15 is 0 Å². The molecule has 0 fully saturated rings. The molecule has 3 aromatic rings. The maximum atomic E-state index is 13.2. The smallest absolute Gasteiger partial charge is 0.340 e. The van der Waals surface area contributed by atoms with Crippen LogP contribution >= 0.6 is 23.2 Å². The van der Waals surface area contributed by atoms with Crippen molar-refractivity contribution in [1.82, 2.24) is 10.2 Å². The lowest BCUT2D eigenvalue weighted by Crippen LogP contribution is -2.34. The van der Waals surface area contributed by atoms with Gasteiger partial charge in [-0.05, 0) is 55.5 Å². The average Bonchev–Trinajstić information content (AvgIpc) is 3.63. The second kappa shape index (κ2) is 11.4. The third-order valence-corrected chi connectivity index (χ3v) is 6.31. The minimum atomic E-state index is -0.909. The fraction of sp³-hybridized carbons (Fsp3) is 0.154. The Kier molecular flexibility index (Phi) is 8.04. The van der Waals surface area contributed by atoms with Crippen LogP contribution in [0.3, 0.4) is 0 Å². The number of ether oxygens (including phenoxy) is 1. The van der Waals surface area contributed by atoms with Crippen LogP contribution in [0.4, 0.5) is 5.69 Å². The van der Waals surface area contributed by atoms with Gasteiger partial charge in [-0.15, -0.1) is 0 Å². The van der Waals surface area contributed by atoms with Crippen LogP contribution in [0, 0.1) is 0 Å². The van der Waals surface area contributed by atoms with Crippen molar-refractivity contribution in [2.45, 2.75) is 20.0 Å². The highest BCUT2D eigenvalue weighted by Gasteiger charge is 2.37. The molecule has 4 rings (SSSR count). The highest BCUT2D eigenvalue weighted by molar-refractivity contribution is 6.43. The molecule has 1 aromatic carbocycles. The van der Waals surface area contributed by atoms with Crippen LogP contribution in [0.15, 0.2) is 74.4 Å². The standard InChI is InChI=1S/C26H21Cl2N3O7/c1-14-22(26(35)36-2)19(25(34)31(14)13-18-4-3-9-37-18)11-16-6-7-17(38-16)12-29-23(32)24(33)30-15-5-8-20(27)21(28)10-15/h3-11H,12-13H2,1-2H3,(H,29,32)(H,30,33)/b19-11+. The zero-order valence-corrected chi connectivity index (χ0v) is 21.7. The van der Waals surface area contributed by atoms with Crippen molar-refractivity contribution in [2.24, 2.45) is 0 Å². The number of halogens is 2. The first-order chi connectivity index (χ1) is 18.2. The molecule has 2 N–H and O–H groups in total. The minimum absolute atomic E-state index is 0.0897. The molecular weight excluding hydrogens is 537 g/mol. The van der Waals surface area contributed by atoms with Crippen molar-refractivity contribution in [3.05, 3.63) is 92.9 Å². The van der Waals surface area contributed by atoms with E-state index in [0.29, 0.717) is 27.9 Å². The molecule has 196 valence electrons. The number of esters is 1. The molecule has 1 aliphatic rings. The summed E-state index contributed by atoms with van der Waals surface area (Å²) in [6, 6.07) is 11.0. The summed E-state index contributed by atoms with van der Waals surface area (Å²) >= 11 is 11.8. The lowest BCUT2D eigenvalue weighted by atomic mass is 10.1. The van der Waals surface area contributed by atoms with E-state index in [2.05, 4.69) is 10.6 Å². The largest absolute Gasteiger partial charge is 0.467 e. The topological polar surface area (TPSA) is 131 Å². The molecule has 1 aliphatic heterocycles. The van der Waals surface area contributed by atoms with E-state index in [-0.39, 0.29) is 35.0 Å². The van der Waals surface area contributed by atoms with Crippen molar-refractivity contribution in [1.29, 1.82) is 0 Å². The van der Waals surface area contributed by atoms with Gasteiger partial charge in [-0.25, -0.2) is 4.79 Å². The van der Waals surface area contributed by atoms with Crippen LogP contribution in [0.2, 0.25) is 10.0 Å². The van der Waals surface area contributed by atoms with Gasteiger partial charge in [-0.3, -0.25) is 14.4 Å². The third-order valence-electron chi connectivity index (χ3n) is 5.57. The van der Waals surface area contributed by atoms with Gasteiger partial charge in [0.15, 0.2) is 0 Å². The number of hydrogen-bond acceptors (Lipinski definition) is 7. The van der Waals surface area contributed by atoms with Crippen molar-refractivity contribution >= 4 is 58.7 Å². The summed E-state index contributed by atoms with van der Waals surface area (Å²) in [6.45, 7) is 1.67. The molecule has 0 aliphatic carbocycles. The van der Waals surface area contributed by atoms with Crippen LogP contribution < -0.4 is 10.6 Å². The maximum absolute atomic E-state index is 13.2. The van der Waals surface area contributed by atoms with Gasteiger partial charge in [0.1, 0.15) is 17.3 Å². The van der Waals surface area contributed by atoms with Gasteiger partial charge in [0.25, 0.3) is 5.91 Å². The minimum Gasteiger partial charge on any atom is -0.467 e. The number of allylic oxidation sites excluding steroid dienone is 1. The normalized spacial score (nSPS) is 14.3. The number of methoxy groups -OCH3 is 1. The van der Waals surface area contributed by atoms with Crippen LogP contribution in [0.5, 0.6) is 0 Å². The number of benzene rings is 1. The van der Waals surface area contributed by atoms with Gasteiger partial charge >= 0.3 is 17.8 Å². The molecule has 2 aromatic heterocycles. The SMILES string of the molecule is COC(=O)C1=C(C)N(Cc2ccco2)C(=O)/C1=C/c1ccc(CNC(=O)C(=O)Nc2ccc(Cl)c(Cl)c2)o1. The predicted octanol–water partition coefficient (Wildman–Crippen LogP) is 4.31. The molecule has 38 heavy (non-hydrogen) atoms. The summed E-state index contributed by atoms with van der Waals surface area (Å²) in [6.07, 6.45) is 2.91. The van der Waals surface area contributed by atoms with Crippen molar-refractivity contribution in [3.8, 4) is 0 Å². The molecule has 0 spiro atoms. The Morgan fingerprint density at radius 3 is 2.53 bits per heavy atom. The van der Waals surface area contributed by atoms with Crippen molar-refractivity contribution in [3.63, 3.8) is 0 Å². The second-order valence-corrected chi connectivity index (χ2v) is 8.86. The predicted molar refractivity (Wildman–Crippen MR) is 138 cm³/mol. The van der Waals surface area contributed by atoms with Gasteiger partial charge in [-0.2, -0.15) is 0 Å². The fourth-order valence-electron chi connectivity index (χ4n) is 3.70. The van der Waals surface area contributed by atoms with Crippen LogP contribution in [0.25, 0.3) is 6.08 Å². The van der Waals surface area contributed by atoms with Crippen LogP contribution in [-0.2, 0) is 37.0 Å². The highest BCUT2D eigenvalue weighted by Crippen LogP contribution is 2.33. The number of nitrogens with one attached hydrogen (secondary N) is 2. The summed E-state index contributed by atoms with van der Waals surface area (Å²) in [4.78, 5) is 51.4. The summed E-state index contributed by atoms with van der Waals surface area (Å²) in [5.41, 5.74) is 0.913. The maximum Gasteiger partial charge on any atom is 0.340 e. The number of nitrogens with zero attached hydrogens (tertiary/aromatic N) is 1. The number of carbonyl (C=O) groups is 4. The van der Waals surface area contributed by atoms with E-state index in [1.807, 2.05) is 0 Å². The summed E-state index contributed by atoms with van der Waals surface area (Å²) in [7, 11) is 1.23. The van der Waals surface area contributed by atoms with E-state index in [9.17, 15) is 19.2 Å². The Hall–Kier alpha value is -4.28. The molecule has 3 amide bonds. The first-order valence-corrected chi connectivity index (χ1v) is 11.9. The summed E-state index contributed by atoms with van der Waals surface area (Å²) in [5.74, 6) is -1.80. The molecule has 0 unspecified atom stereocenters. The van der Waals surface area contributed by atoms with Gasteiger partial charge in [0.2, 0.25) is 0 Å². The molecule has 3 heterocycles. The molecule has 12 heteroatoms. The number of anilines is 1. The van der Waals surface area contributed by atoms with Gasteiger partial charge in [0, 0.05) is 11.4 Å². The van der Waals surface area contributed by atoms with E-state index in [4.69, 9.17) is 36.8 Å². The molecule has 0 saturated carbocycles. The number of rotatable bonds is 7. The van der Waals surface area contributed by atoms with E-state index in [1.54, 1.807) is 31.2 Å². The number of carbonyl (C=O) groups excluding carboxylic acids is 4. The molecule has 0 atom stereocenters. The monoisotopic (exact) mass is 557 g/mol. The van der Waals surface area contributed by atoms with Crippen LogP contribution in [-0.4, -0.2) is 35.7 Å². The first kappa shape index (κ1) is 26.8. The Morgan fingerprint density at radius 2 is 1.84 bits per heavy atom. The Balaban J connectivity index is 1.44. The number of amides is 3. The van der Waals surface area contributed by atoms with E-state index < -0.39 is 23.7 Å². The van der Waals surface area contributed by atoms with E-state index in [0.717, 1.165) is 0 Å². The molecule has 0 saturated heterocycles. The van der Waals surface area contributed by atoms with Gasteiger partial charge in [0.05, 0.1) is 47.7 Å². The first-order valence-electron chi connectivity index (χ1n) is 11.2. The zero-order chi connectivity index (χ0) is 27.4. The lowest BCUT2D eigenvalue weighted by molar-refractivity contribution is -0.136. The number of furan rings is 2. The van der Waals surface area contributed by atoms with Crippen molar-refractivity contribution < 1.29 is 32.7 Å². The second-order valence-electron chi connectivity index (χ2n) is 8.05. The highest BCUT2D eigenvalue weighted by atomic mass is 35.5. The Labute approximate surface area is 226 Å². The Morgan fingerprint density at radius 1 is 1.05 bits per heavy atom. The summed E-state index contributed by atoms with van der Waals surface area (Å²) in [5, 5.41) is 5.40. The molecule has 10 nitrogen and oxygen atoms in total. The zero-order valence-electron chi connectivity index (χ0n) is 20.2. The van der Waals surface area contributed by atoms with Gasteiger partial charge < -0.3 is 29.1 Å². The molecule has 0 bridgehead atoms. The average molecular weight is 558 g/mol. The van der Waals surface area contributed by atoms with Crippen molar-refractivity contribution in [2.75, 3.05) is 12.4 Å². The fourth-order valence-corrected chi connectivity index (χ4v) is 3.99. The number of hydrogen-bond donors (Lipinski definition) is 2. The van der Waals surface area contributed by atoms with E-state index in [1.165, 1.54) is 42.5 Å². The third kappa shape index (κ3) is 5.82. The molecule has 0 radical (unpaired) electrons. The van der Waals surface area contributed by atoms with Crippen LogP contribution in [0.1, 0.15) is 24.2 Å². The Bertz CT molecular complexity index is 1470. The lowest BCUT2D eigenvalue weighted by Gasteiger charge is -2.15. The molecular formula is C26H21Cl2N3O7. The quantitative estimate of drug-likeness (QED) is 0.251. The van der Waals surface area contributed by atoms with Gasteiger partial charge in [-0.1, -0.05) is 23.2 Å².